The zero-order valence-electron chi connectivity index (χ0n) is 8.72. The number of hydrogen-bond donors (Lipinski definition) is 1. The standard InChI is InChI=1S/C12H14ClNO/c1-8-6-9(13)2-3-10(8)11-7-14-5-4-12(11)15/h2-3,6,11,14H,4-5,7H2,1H3. The van der Waals surface area contributed by atoms with Crippen molar-refractivity contribution in [1.82, 2.24) is 5.32 Å². The van der Waals surface area contributed by atoms with E-state index in [2.05, 4.69) is 5.32 Å². The van der Waals surface area contributed by atoms with Crippen LogP contribution in [0.4, 0.5) is 0 Å². The number of Topliss-reactive ketones (excluding diaryl/α,β-unsaturated/α-hetero) is 1. The second-order valence-corrected chi connectivity index (χ2v) is 4.41. The third-order valence-electron chi connectivity index (χ3n) is 2.89. The number of benzene rings is 1. The van der Waals surface area contributed by atoms with Crippen LogP contribution in [0.25, 0.3) is 0 Å². The summed E-state index contributed by atoms with van der Waals surface area (Å²) in [7, 11) is 0. The highest BCUT2D eigenvalue weighted by Crippen LogP contribution is 2.25. The molecule has 2 rings (SSSR count). The largest absolute Gasteiger partial charge is 0.315 e. The maximum absolute atomic E-state index is 11.8. The molecule has 15 heavy (non-hydrogen) atoms. The van der Waals surface area contributed by atoms with Gasteiger partial charge in [-0.15, -0.1) is 0 Å². The van der Waals surface area contributed by atoms with E-state index in [9.17, 15) is 4.79 Å². The van der Waals surface area contributed by atoms with Gasteiger partial charge >= 0.3 is 0 Å². The Morgan fingerprint density at radius 3 is 2.93 bits per heavy atom. The Hall–Kier alpha value is -0.860. The van der Waals surface area contributed by atoms with Crippen LogP contribution < -0.4 is 5.32 Å². The maximum atomic E-state index is 11.8. The number of hydrogen-bond acceptors (Lipinski definition) is 2. The van der Waals surface area contributed by atoms with Gasteiger partial charge in [0.1, 0.15) is 5.78 Å². The topological polar surface area (TPSA) is 29.1 Å². The number of piperidine rings is 1. The van der Waals surface area contributed by atoms with E-state index in [0.717, 1.165) is 29.2 Å². The molecule has 0 spiro atoms. The highest BCUT2D eigenvalue weighted by atomic mass is 35.5. The monoisotopic (exact) mass is 223 g/mol. The molecular formula is C12H14ClNO. The van der Waals surface area contributed by atoms with Crippen LogP contribution in [0, 0.1) is 6.92 Å². The fourth-order valence-electron chi connectivity index (χ4n) is 2.06. The summed E-state index contributed by atoms with van der Waals surface area (Å²) in [5.41, 5.74) is 2.21. The van der Waals surface area contributed by atoms with Crippen LogP contribution in [-0.2, 0) is 4.79 Å². The summed E-state index contributed by atoms with van der Waals surface area (Å²) in [6.45, 7) is 3.56. The number of nitrogens with one attached hydrogen (secondary N) is 1. The Kier molecular flexibility index (Phi) is 3.08. The molecule has 0 radical (unpaired) electrons. The van der Waals surface area contributed by atoms with E-state index < -0.39 is 0 Å². The number of carbonyl (C=O) groups excluding carboxylic acids is 1. The molecular weight excluding hydrogens is 210 g/mol. The molecule has 1 aromatic carbocycles. The summed E-state index contributed by atoms with van der Waals surface area (Å²) in [6, 6.07) is 5.73. The predicted octanol–water partition coefficient (Wildman–Crippen LogP) is 2.29. The van der Waals surface area contributed by atoms with Gasteiger partial charge in [-0.05, 0) is 30.2 Å². The maximum Gasteiger partial charge on any atom is 0.142 e. The highest BCUT2D eigenvalue weighted by molar-refractivity contribution is 6.30. The first-order valence-corrected chi connectivity index (χ1v) is 5.56. The molecule has 1 atom stereocenters. The van der Waals surface area contributed by atoms with E-state index in [-0.39, 0.29) is 5.92 Å². The molecule has 0 amide bonds. The SMILES string of the molecule is Cc1cc(Cl)ccc1C1CNCCC1=O. The van der Waals surface area contributed by atoms with Crippen LogP contribution in [0.3, 0.4) is 0 Å². The van der Waals surface area contributed by atoms with Gasteiger partial charge in [0.15, 0.2) is 0 Å². The first-order chi connectivity index (χ1) is 7.18. The van der Waals surface area contributed by atoms with Gasteiger partial charge in [0.2, 0.25) is 0 Å². The molecule has 1 aliphatic rings. The normalized spacial score (nSPS) is 21.7. The molecule has 1 unspecified atom stereocenters. The summed E-state index contributed by atoms with van der Waals surface area (Å²) in [6.07, 6.45) is 0.632. The van der Waals surface area contributed by atoms with Crippen molar-refractivity contribution in [1.29, 1.82) is 0 Å². The lowest BCUT2D eigenvalue weighted by Crippen LogP contribution is -2.35. The lowest BCUT2D eigenvalue weighted by atomic mass is 9.88. The average Bonchev–Trinajstić information content (AvgIpc) is 2.20. The molecule has 3 heteroatoms. The summed E-state index contributed by atoms with van der Waals surface area (Å²) in [5, 5.41) is 3.98. The molecule has 1 heterocycles. The minimum Gasteiger partial charge on any atom is -0.315 e. The van der Waals surface area contributed by atoms with Crippen LogP contribution in [0.5, 0.6) is 0 Å². The van der Waals surface area contributed by atoms with Gasteiger partial charge in [0, 0.05) is 24.5 Å². The molecule has 1 aromatic rings. The first-order valence-electron chi connectivity index (χ1n) is 5.18. The van der Waals surface area contributed by atoms with Gasteiger partial charge in [-0.1, -0.05) is 17.7 Å². The van der Waals surface area contributed by atoms with Crippen molar-refractivity contribution in [3.63, 3.8) is 0 Å². The predicted molar refractivity (Wildman–Crippen MR) is 61.4 cm³/mol. The minimum absolute atomic E-state index is 0.0102. The van der Waals surface area contributed by atoms with E-state index in [1.807, 2.05) is 25.1 Å². The van der Waals surface area contributed by atoms with Gasteiger partial charge in [0.25, 0.3) is 0 Å². The molecule has 1 saturated heterocycles. The van der Waals surface area contributed by atoms with E-state index in [1.165, 1.54) is 0 Å². The Balaban J connectivity index is 2.31. The molecule has 1 fully saturated rings. The molecule has 0 aromatic heterocycles. The van der Waals surface area contributed by atoms with Crippen molar-refractivity contribution in [3.8, 4) is 0 Å². The van der Waals surface area contributed by atoms with Crippen molar-refractivity contribution in [3.05, 3.63) is 34.3 Å². The van der Waals surface area contributed by atoms with Gasteiger partial charge in [-0.3, -0.25) is 4.79 Å². The minimum atomic E-state index is 0.0102. The third kappa shape index (κ3) is 2.21. The van der Waals surface area contributed by atoms with Crippen molar-refractivity contribution in [2.75, 3.05) is 13.1 Å². The number of ketones is 1. The molecule has 1 N–H and O–H groups in total. The number of halogens is 1. The van der Waals surface area contributed by atoms with Gasteiger partial charge in [-0.25, -0.2) is 0 Å². The summed E-state index contributed by atoms with van der Waals surface area (Å²) in [5.74, 6) is 0.343. The highest BCUT2D eigenvalue weighted by Gasteiger charge is 2.24. The second-order valence-electron chi connectivity index (χ2n) is 3.97. The number of rotatable bonds is 1. The average molecular weight is 224 g/mol. The molecule has 0 aliphatic carbocycles. The van der Waals surface area contributed by atoms with Crippen molar-refractivity contribution < 1.29 is 4.79 Å². The van der Waals surface area contributed by atoms with Crippen LogP contribution in [-0.4, -0.2) is 18.9 Å². The van der Waals surface area contributed by atoms with Crippen LogP contribution in [0.2, 0.25) is 5.02 Å². The third-order valence-corrected chi connectivity index (χ3v) is 3.13. The molecule has 0 bridgehead atoms. The lowest BCUT2D eigenvalue weighted by Gasteiger charge is -2.23. The fourth-order valence-corrected chi connectivity index (χ4v) is 2.29. The van der Waals surface area contributed by atoms with Gasteiger partial charge in [-0.2, -0.15) is 0 Å². The van der Waals surface area contributed by atoms with Crippen LogP contribution in [0.15, 0.2) is 18.2 Å². The van der Waals surface area contributed by atoms with E-state index >= 15 is 0 Å². The molecule has 0 saturated carbocycles. The second kappa shape index (κ2) is 4.33. The fraction of sp³-hybridized carbons (Fsp3) is 0.417. The lowest BCUT2D eigenvalue weighted by molar-refractivity contribution is -0.121. The Bertz CT molecular complexity index is 389. The zero-order chi connectivity index (χ0) is 10.8. The van der Waals surface area contributed by atoms with Crippen LogP contribution >= 0.6 is 11.6 Å². The Morgan fingerprint density at radius 1 is 1.47 bits per heavy atom. The van der Waals surface area contributed by atoms with Crippen LogP contribution in [0.1, 0.15) is 23.5 Å². The zero-order valence-corrected chi connectivity index (χ0v) is 9.47. The van der Waals surface area contributed by atoms with E-state index in [4.69, 9.17) is 11.6 Å². The quantitative estimate of drug-likeness (QED) is 0.792. The van der Waals surface area contributed by atoms with Crippen molar-refractivity contribution in [2.45, 2.75) is 19.3 Å². The molecule has 1 aliphatic heterocycles. The Morgan fingerprint density at radius 2 is 2.27 bits per heavy atom. The van der Waals surface area contributed by atoms with E-state index in [1.54, 1.807) is 0 Å². The summed E-state index contributed by atoms with van der Waals surface area (Å²) >= 11 is 5.89. The van der Waals surface area contributed by atoms with Crippen molar-refractivity contribution >= 4 is 17.4 Å². The number of aryl methyl sites for hydroxylation is 1. The number of carbonyl (C=O) groups is 1. The van der Waals surface area contributed by atoms with E-state index in [0.29, 0.717) is 12.2 Å². The van der Waals surface area contributed by atoms with Crippen molar-refractivity contribution in [2.24, 2.45) is 0 Å². The van der Waals surface area contributed by atoms with Gasteiger partial charge < -0.3 is 5.32 Å². The van der Waals surface area contributed by atoms with Gasteiger partial charge in [0.05, 0.1) is 5.92 Å². The Labute approximate surface area is 94.6 Å². The smallest absolute Gasteiger partial charge is 0.142 e. The molecule has 80 valence electrons. The summed E-state index contributed by atoms with van der Waals surface area (Å²) in [4.78, 5) is 11.8. The first kappa shape index (κ1) is 10.7. The summed E-state index contributed by atoms with van der Waals surface area (Å²) < 4.78 is 0. The molecule has 2 nitrogen and oxygen atoms in total.